The minimum atomic E-state index is -0.227. The van der Waals surface area contributed by atoms with Crippen LogP contribution in [0.2, 0.25) is 0 Å². The molecule has 3 nitrogen and oxygen atoms in total. The summed E-state index contributed by atoms with van der Waals surface area (Å²) in [4.78, 5) is 0. The first kappa shape index (κ1) is 13.4. The van der Waals surface area contributed by atoms with Gasteiger partial charge in [-0.25, -0.2) is 0 Å². The Hall–Kier alpha value is -1.06. The van der Waals surface area contributed by atoms with Crippen molar-refractivity contribution >= 4 is 0 Å². The molecule has 1 aliphatic rings. The fourth-order valence-corrected chi connectivity index (χ4v) is 2.63. The summed E-state index contributed by atoms with van der Waals surface area (Å²) in [6.07, 6.45) is 1.53. The Kier molecular flexibility index (Phi) is 3.93. The number of nitrogens with one attached hydrogen (secondary N) is 1. The van der Waals surface area contributed by atoms with Crippen LogP contribution in [0.5, 0.6) is 5.75 Å². The van der Waals surface area contributed by atoms with Crippen LogP contribution >= 0.6 is 0 Å². The smallest absolute Gasteiger partial charge is 0.119 e. The van der Waals surface area contributed by atoms with Gasteiger partial charge in [-0.1, -0.05) is 26.0 Å². The zero-order valence-corrected chi connectivity index (χ0v) is 11.4. The number of aliphatic hydroxyl groups excluding tert-OH is 1. The predicted molar refractivity (Wildman–Crippen MR) is 72.9 cm³/mol. The SMILES string of the molecule is COc1cccc(CC2NCCC(O)C2(C)C)c1. The zero-order chi connectivity index (χ0) is 13.2. The quantitative estimate of drug-likeness (QED) is 0.861. The Balaban J connectivity index is 2.12. The first-order chi connectivity index (χ1) is 8.54. The fourth-order valence-electron chi connectivity index (χ4n) is 2.63. The number of piperidine rings is 1. The van der Waals surface area contributed by atoms with E-state index in [1.807, 2.05) is 12.1 Å². The molecule has 0 saturated carbocycles. The molecular formula is C15H23NO2. The van der Waals surface area contributed by atoms with Crippen LogP contribution in [0.15, 0.2) is 24.3 Å². The van der Waals surface area contributed by atoms with E-state index >= 15 is 0 Å². The van der Waals surface area contributed by atoms with Crippen molar-refractivity contribution in [2.75, 3.05) is 13.7 Å². The molecule has 18 heavy (non-hydrogen) atoms. The van der Waals surface area contributed by atoms with E-state index in [9.17, 15) is 5.11 Å². The van der Waals surface area contributed by atoms with Crippen LogP contribution in [0.25, 0.3) is 0 Å². The molecule has 100 valence electrons. The highest BCUT2D eigenvalue weighted by Gasteiger charge is 2.39. The van der Waals surface area contributed by atoms with Gasteiger partial charge in [-0.3, -0.25) is 0 Å². The lowest BCUT2D eigenvalue weighted by atomic mass is 9.73. The molecule has 0 aliphatic carbocycles. The molecule has 1 aliphatic heterocycles. The van der Waals surface area contributed by atoms with E-state index in [1.165, 1.54) is 5.56 Å². The second kappa shape index (κ2) is 5.29. The molecule has 1 aromatic rings. The Morgan fingerprint density at radius 1 is 1.44 bits per heavy atom. The molecule has 3 heteroatoms. The summed E-state index contributed by atoms with van der Waals surface area (Å²) < 4.78 is 5.25. The van der Waals surface area contributed by atoms with Gasteiger partial charge in [-0.15, -0.1) is 0 Å². The first-order valence-electron chi connectivity index (χ1n) is 6.58. The average Bonchev–Trinajstić information content (AvgIpc) is 2.36. The summed E-state index contributed by atoms with van der Waals surface area (Å²) >= 11 is 0. The number of hydrogen-bond donors (Lipinski definition) is 2. The molecule has 0 bridgehead atoms. The molecule has 0 spiro atoms. The van der Waals surface area contributed by atoms with Crippen LogP contribution in [0.4, 0.5) is 0 Å². The number of hydrogen-bond acceptors (Lipinski definition) is 3. The molecule has 2 N–H and O–H groups in total. The summed E-state index contributed by atoms with van der Waals surface area (Å²) in [5.41, 5.74) is 1.15. The second-order valence-corrected chi connectivity index (χ2v) is 5.69. The van der Waals surface area contributed by atoms with Gasteiger partial charge in [0.25, 0.3) is 0 Å². The fraction of sp³-hybridized carbons (Fsp3) is 0.600. The van der Waals surface area contributed by atoms with E-state index in [0.29, 0.717) is 6.04 Å². The molecule has 2 rings (SSSR count). The van der Waals surface area contributed by atoms with Gasteiger partial charge in [-0.05, 0) is 37.1 Å². The predicted octanol–water partition coefficient (Wildman–Crippen LogP) is 1.99. The summed E-state index contributed by atoms with van der Waals surface area (Å²) in [7, 11) is 1.69. The van der Waals surface area contributed by atoms with Crippen molar-refractivity contribution in [1.82, 2.24) is 5.32 Å². The topological polar surface area (TPSA) is 41.5 Å². The number of methoxy groups -OCH3 is 1. The van der Waals surface area contributed by atoms with Gasteiger partial charge in [0.05, 0.1) is 13.2 Å². The highest BCUT2D eigenvalue weighted by molar-refractivity contribution is 5.29. The number of rotatable bonds is 3. The molecule has 0 aromatic heterocycles. The van der Waals surface area contributed by atoms with E-state index < -0.39 is 0 Å². The van der Waals surface area contributed by atoms with Gasteiger partial charge in [0.15, 0.2) is 0 Å². The second-order valence-electron chi connectivity index (χ2n) is 5.69. The third-order valence-electron chi connectivity index (χ3n) is 4.14. The number of aliphatic hydroxyl groups is 1. The summed E-state index contributed by atoms with van der Waals surface area (Å²) in [5.74, 6) is 0.890. The Labute approximate surface area is 109 Å². The normalized spacial score (nSPS) is 26.9. The van der Waals surface area contributed by atoms with E-state index in [0.717, 1.165) is 25.1 Å². The third kappa shape index (κ3) is 2.68. The lowest BCUT2D eigenvalue weighted by Gasteiger charge is -2.43. The van der Waals surface area contributed by atoms with E-state index in [2.05, 4.69) is 31.3 Å². The molecule has 0 radical (unpaired) electrons. The molecular weight excluding hydrogens is 226 g/mol. The van der Waals surface area contributed by atoms with Gasteiger partial charge in [0.2, 0.25) is 0 Å². The first-order valence-corrected chi connectivity index (χ1v) is 6.58. The van der Waals surface area contributed by atoms with Gasteiger partial charge in [0, 0.05) is 11.5 Å². The van der Waals surface area contributed by atoms with Crippen molar-refractivity contribution in [1.29, 1.82) is 0 Å². The van der Waals surface area contributed by atoms with Crippen LogP contribution in [0.3, 0.4) is 0 Å². The van der Waals surface area contributed by atoms with Crippen molar-refractivity contribution in [2.45, 2.75) is 38.8 Å². The lowest BCUT2D eigenvalue weighted by Crippen LogP contribution is -2.55. The maximum atomic E-state index is 10.1. The van der Waals surface area contributed by atoms with E-state index in [4.69, 9.17) is 4.74 Å². The van der Waals surface area contributed by atoms with Crippen LogP contribution in [-0.2, 0) is 6.42 Å². The summed E-state index contributed by atoms with van der Waals surface area (Å²) in [5, 5.41) is 13.6. The van der Waals surface area contributed by atoms with Crippen molar-refractivity contribution in [3.63, 3.8) is 0 Å². The van der Waals surface area contributed by atoms with E-state index in [1.54, 1.807) is 7.11 Å². The minimum absolute atomic E-state index is 0.0959. The molecule has 2 unspecified atom stereocenters. The Bertz CT molecular complexity index is 403. The molecule has 1 heterocycles. The Morgan fingerprint density at radius 3 is 2.94 bits per heavy atom. The number of benzene rings is 1. The molecule has 1 aromatic carbocycles. The highest BCUT2D eigenvalue weighted by Crippen LogP contribution is 2.32. The van der Waals surface area contributed by atoms with Crippen molar-refractivity contribution in [2.24, 2.45) is 5.41 Å². The average molecular weight is 249 g/mol. The minimum Gasteiger partial charge on any atom is -0.497 e. The molecule has 1 fully saturated rings. The van der Waals surface area contributed by atoms with Crippen LogP contribution in [0, 0.1) is 5.41 Å². The third-order valence-corrected chi connectivity index (χ3v) is 4.14. The largest absolute Gasteiger partial charge is 0.497 e. The van der Waals surface area contributed by atoms with Crippen LogP contribution < -0.4 is 10.1 Å². The zero-order valence-electron chi connectivity index (χ0n) is 11.4. The maximum Gasteiger partial charge on any atom is 0.119 e. The van der Waals surface area contributed by atoms with Crippen molar-refractivity contribution in [3.8, 4) is 5.75 Å². The number of ether oxygens (including phenoxy) is 1. The van der Waals surface area contributed by atoms with E-state index in [-0.39, 0.29) is 11.5 Å². The molecule has 1 saturated heterocycles. The molecule has 0 amide bonds. The molecule has 2 atom stereocenters. The van der Waals surface area contributed by atoms with Gasteiger partial charge in [0.1, 0.15) is 5.75 Å². The Morgan fingerprint density at radius 2 is 2.22 bits per heavy atom. The standard InChI is InChI=1S/C15H23NO2/c1-15(2)13(16-8-7-14(15)17)10-11-5-4-6-12(9-11)18-3/h4-6,9,13-14,16-17H,7-8,10H2,1-3H3. The monoisotopic (exact) mass is 249 g/mol. The van der Waals surface area contributed by atoms with Gasteiger partial charge >= 0.3 is 0 Å². The van der Waals surface area contributed by atoms with Crippen molar-refractivity contribution < 1.29 is 9.84 Å². The van der Waals surface area contributed by atoms with Gasteiger partial charge in [-0.2, -0.15) is 0 Å². The van der Waals surface area contributed by atoms with Crippen molar-refractivity contribution in [3.05, 3.63) is 29.8 Å². The highest BCUT2D eigenvalue weighted by atomic mass is 16.5. The summed E-state index contributed by atoms with van der Waals surface area (Å²) in [6.45, 7) is 5.16. The maximum absolute atomic E-state index is 10.1. The van der Waals surface area contributed by atoms with Crippen LogP contribution in [0.1, 0.15) is 25.8 Å². The van der Waals surface area contributed by atoms with Gasteiger partial charge < -0.3 is 15.2 Å². The summed E-state index contributed by atoms with van der Waals surface area (Å²) in [6, 6.07) is 8.45. The lowest BCUT2D eigenvalue weighted by molar-refractivity contribution is -0.00741. The van der Waals surface area contributed by atoms with Crippen LogP contribution in [-0.4, -0.2) is 30.9 Å².